The van der Waals surface area contributed by atoms with E-state index < -0.39 is 4.92 Å². The van der Waals surface area contributed by atoms with Gasteiger partial charge in [0.15, 0.2) is 0 Å². The molecule has 5 heteroatoms. The van der Waals surface area contributed by atoms with Gasteiger partial charge in [0.25, 0.3) is 5.69 Å². The lowest BCUT2D eigenvalue weighted by atomic mass is 10.1. The predicted molar refractivity (Wildman–Crippen MR) is 64.0 cm³/mol. The van der Waals surface area contributed by atoms with Crippen LogP contribution in [0.5, 0.6) is 0 Å². The Bertz CT molecular complexity index is 554. The molecule has 0 radical (unpaired) electrons. The minimum absolute atomic E-state index is 0.0563. The average Bonchev–Trinajstić information content (AvgIpc) is 2.35. The second-order valence-corrected chi connectivity index (χ2v) is 3.65. The highest BCUT2D eigenvalue weighted by Gasteiger charge is 2.16. The molecule has 0 amide bonds. The molecule has 0 saturated carbocycles. The summed E-state index contributed by atoms with van der Waals surface area (Å²) in [6.07, 6.45) is 0.442. The first kappa shape index (κ1) is 11.5. The Morgan fingerprint density at radius 1 is 1.41 bits per heavy atom. The molecule has 1 aromatic heterocycles. The number of rotatable bonds is 4. The van der Waals surface area contributed by atoms with Crippen molar-refractivity contribution in [2.45, 2.75) is 6.42 Å². The third kappa shape index (κ3) is 2.39. The summed E-state index contributed by atoms with van der Waals surface area (Å²) < 4.78 is 4.93. The molecule has 88 valence electrons. The maximum Gasteiger partial charge on any atom is 0.291 e. The molecule has 0 aliphatic heterocycles. The topological polar surface area (TPSA) is 65.3 Å². The van der Waals surface area contributed by atoms with Crippen molar-refractivity contribution in [1.82, 2.24) is 4.98 Å². The molecule has 0 aliphatic rings. The van der Waals surface area contributed by atoms with Crippen LogP contribution in [-0.4, -0.2) is 23.6 Å². The van der Waals surface area contributed by atoms with Crippen molar-refractivity contribution >= 4 is 16.6 Å². The zero-order chi connectivity index (χ0) is 12.3. The minimum Gasteiger partial charge on any atom is -0.384 e. The molecule has 2 aromatic rings. The molecule has 2 rings (SSSR count). The standard InChI is InChI=1S/C12H12N2O3/c1-17-7-6-11-12(14(15)16)8-9-4-2-3-5-10(9)13-11/h2-5,8H,6-7H2,1H3. The summed E-state index contributed by atoms with van der Waals surface area (Å²) in [4.78, 5) is 14.9. The van der Waals surface area contributed by atoms with Gasteiger partial charge in [0.1, 0.15) is 5.69 Å². The predicted octanol–water partition coefficient (Wildman–Crippen LogP) is 2.33. The number of hydrogen-bond acceptors (Lipinski definition) is 4. The van der Waals surface area contributed by atoms with Crippen LogP contribution in [0.25, 0.3) is 10.9 Å². The SMILES string of the molecule is COCCc1nc2ccccc2cc1[N+](=O)[O-]. The summed E-state index contributed by atoms with van der Waals surface area (Å²) in [5, 5.41) is 11.7. The molecule has 0 fully saturated rings. The Hall–Kier alpha value is -2.01. The summed E-state index contributed by atoms with van der Waals surface area (Å²) in [7, 11) is 1.56. The Morgan fingerprint density at radius 2 is 2.18 bits per heavy atom. The molecule has 0 saturated heterocycles. The lowest BCUT2D eigenvalue weighted by Crippen LogP contribution is -2.03. The van der Waals surface area contributed by atoms with Crippen LogP contribution in [0.4, 0.5) is 5.69 Å². The van der Waals surface area contributed by atoms with Gasteiger partial charge in [-0.05, 0) is 6.07 Å². The fourth-order valence-electron chi connectivity index (χ4n) is 1.69. The first-order valence-corrected chi connectivity index (χ1v) is 5.24. The summed E-state index contributed by atoms with van der Waals surface area (Å²) in [5.41, 5.74) is 1.29. The first-order valence-electron chi connectivity index (χ1n) is 5.24. The maximum absolute atomic E-state index is 11.0. The molecule has 0 N–H and O–H groups in total. The van der Waals surface area contributed by atoms with Gasteiger partial charge in [0.05, 0.1) is 17.0 Å². The lowest BCUT2D eigenvalue weighted by molar-refractivity contribution is -0.385. The molecule has 5 nitrogen and oxygen atoms in total. The third-order valence-electron chi connectivity index (χ3n) is 2.52. The third-order valence-corrected chi connectivity index (χ3v) is 2.52. The number of nitro groups is 1. The van der Waals surface area contributed by atoms with E-state index in [1.54, 1.807) is 13.2 Å². The average molecular weight is 232 g/mol. The van der Waals surface area contributed by atoms with E-state index in [1.165, 1.54) is 0 Å². The highest BCUT2D eigenvalue weighted by atomic mass is 16.6. The van der Waals surface area contributed by atoms with Gasteiger partial charge in [-0.15, -0.1) is 0 Å². The number of aromatic nitrogens is 1. The van der Waals surface area contributed by atoms with Gasteiger partial charge >= 0.3 is 0 Å². The quantitative estimate of drug-likeness (QED) is 0.599. The number of pyridine rings is 1. The van der Waals surface area contributed by atoms with Gasteiger partial charge < -0.3 is 4.74 Å². The first-order chi connectivity index (χ1) is 8.22. The molecule has 0 spiro atoms. The van der Waals surface area contributed by atoms with Crippen molar-refractivity contribution in [1.29, 1.82) is 0 Å². The van der Waals surface area contributed by atoms with Crippen LogP contribution in [0.1, 0.15) is 5.69 Å². The van der Waals surface area contributed by atoms with Crippen LogP contribution in [0, 0.1) is 10.1 Å². The highest BCUT2D eigenvalue weighted by Crippen LogP contribution is 2.23. The highest BCUT2D eigenvalue weighted by molar-refractivity contribution is 5.81. The molecule has 0 aliphatic carbocycles. The Morgan fingerprint density at radius 3 is 2.88 bits per heavy atom. The van der Waals surface area contributed by atoms with Crippen LogP contribution in [0.3, 0.4) is 0 Å². The van der Waals surface area contributed by atoms with Crippen LogP contribution < -0.4 is 0 Å². The minimum atomic E-state index is -0.398. The molecule has 1 heterocycles. The maximum atomic E-state index is 11.0. The largest absolute Gasteiger partial charge is 0.384 e. The van der Waals surface area contributed by atoms with Crippen LogP contribution in [-0.2, 0) is 11.2 Å². The Labute approximate surface area is 98.2 Å². The van der Waals surface area contributed by atoms with E-state index in [0.717, 1.165) is 10.9 Å². The van der Waals surface area contributed by atoms with Crippen molar-refractivity contribution in [3.8, 4) is 0 Å². The van der Waals surface area contributed by atoms with E-state index in [2.05, 4.69) is 4.98 Å². The number of benzene rings is 1. The van der Waals surface area contributed by atoms with Crippen LogP contribution >= 0.6 is 0 Å². The Balaban J connectivity index is 2.54. The van der Waals surface area contributed by atoms with Gasteiger partial charge in [0.2, 0.25) is 0 Å². The molecular weight excluding hydrogens is 220 g/mol. The van der Waals surface area contributed by atoms with Crippen molar-refractivity contribution in [3.05, 3.63) is 46.1 Å². The second kappa shape index (κ2) is 4.88. The molecule has 17 heavy (non-hydrogen) atoms. The number of para-hydroxylation sites is 1. The zero-order valence-corrected chi connectivity index (χ0v) is 9.42. The van der Waals surface area contributed by atoms with Gasteiger partial charge in [0, 0.05) is 25.0 Å². The normalized spacial score (nSPS) is 10.6. The van der Waals surface area contributed by atoms with Crippen molar-refractivity contribution in [3.63, 3.8) is 0 Å². The second-order valence-electron chi connectivity index (χ2n) is 3.65. The summed E-state index contributed by atoms with van der Waals surface area (Å²) >= 11 is 0. The van der Waals surface area contributed by atoms with E-state index in [4.69, 9.17) is 4.74 Å². The van der Waals surface area contributed by atoms with E-state index >= 15 is 0 Å². The van der Waals surface area contributed by atoms with E-state index in [9.17, 15) is 10.1 Å². The molecule has 0 bridgehead atoms. The van der Waals surface area contributed by atoms with Crippen molar-refractivity contribution < 1.29 is 9.66 Å². The number of methoxy groups -OCH3 is 1. The molecule has 1 aromatic carbocycles. The number of hydrogen-bond donors (Lipinski definition) is 0. The van der Waals surface area contributed by atoms with Gasteiger partial charge in [-0.2, -0.15) is 0 Å². The monoisotopic (exact) mass is 232 g/mol. The van der Waals surface area contributed by atoms with E-state index in [1.807, 2.05) is 24.3 Å². The molecule has 0 atom stereocenters. The van der Waals surface area contributed by atoms with Crippen LogP contribution in [0.15, 0.2) is 30.3 Å². The van der Waals surface area contributed by atoms with Crippen LogP contribution in [0.2, 0.25) is 0 Å². The fourth-order valence-corrected chi connectivity index (χ4v) is 1.69. The molecule has 0 unspecified atom stereocenters. The van der Waals surface area contributed by atoms with E-state index in [0.29, 0.717) is 18.7 Å². The van der Waals surface area contributed by atoms with Gasteiger partial charge in [-0.1, -0.05) is 18.2 Å². The number of fused-ring (bicyclic) bond motifs is 1. The lowest BCUT2D eigenvalue weighted by Gasteiger charge is -2.04. The van der Waals surface area contributed by atoms with E-state index in [-0.39, 0.29) is 5.69 Å². The van der Waals surface area contributed by atoms with Crippen molar-refractivity contribution in [2.24, 2.45) is 0 Å². The number of ether oxygens (including phenoxy) is 1. The Kier molecular flexibility index (Phi) is 3.30. The zero-order valence-electron chi connectivity index (χ0n) is 9.42. The smallest absolute Gasteiger partial charge is 0.291 e. The van der Waals surface area contributed by atoms with Gasteiger partial charge in [-0.25, -0.2) is 4.98 Å². The number of nitrogens with zero attached hydrogens (tertiary/aromatic N) is 2. The van der Waals surface area contributed by atoms with Crippen molar-refractivity contribution in [2.75, 3.05) is 13.7 Å². The fraction of sp³-hybridized carbons (Fsp3) is 0.250. The van der Waals surface area contributed by atoms with Gasteiger partial charge in [-0.3, -0.25) is 10.1 Å². The summed E-state index contributed by atoms with van der Waals surface area (Å²) in [5.74, 6) is 0. The summed E-state index contributed by atoms with van der Waals surface area (Å²) in [6, 6.07) is 8.92. The molecular formula is C12H12N2O3. The summed E-state index contributed by atoms with van der Waals surface area (Å²) in [6.45, 7) is 0.423.